The number of amides is 1. The van der Waals surface area contributed by atoms with E-state index in [1.165, 1.54) is 0 Å². The van der Waals surface area contributed by atoms with Crippen LogP contribution in [0.5, 0.6) is 5.75 Å². The lowest BCUT2D eigenvalue weighted by molar-refractivity contribution is -0.112. The van der Waals surface area contributed by atoms with Crippen molar-refractivity contribution in [3.63, 3.8) is 0 Å². The number of carbonyl (C=O) groups excluding carboxylic acids is 1. The first-order valence-corrected chi connectivity index (χ1v) is 8.28. The number of carbonyl (C=O) groups is 1. The van der Waals surface area contributed by atoms with Gasteiger partial charge in [-0.3, -0.25) is 4.79 Å². The van der Waals surface area contributed by atoms with Crippen molar-refractivity contribution in [2.45, 2.75) is 0 Å². The number of anilines is 2. The highest BCUT2D eigenvalue weighted by Gasteiger charge is 2.10. The second-order valence-electron chi connectivity index (χ2n) is 5.46. The molecule has 0 aliphatic heterocycles. The van der Waals surface area contributed by atoms with Crippen molar-refractivity contribution in [3.05, 3.63) is 58.1 Å². The van der Waals surface area contributed by atoms with E-state index in [2.05, 4.69) is 21.2 Å². The van der Waals surface area contributed by atoms with Crippen LogP contribution in [-0.4, -0.2) is 27.1 Å². The summed E-state index contributed by atoms with van der Waals surface area (Å²) in [5.41, 5.74) is 2.40. The molecule has 1 N–H and O–H groups in total. The highest BCUT2D eigenvalue weighted by Crippen LogP contribution is 2.26. The number of methoxy groups -OCH3 is 1. The summed E-state index contributed by atoms with van der Waals surface area (Å²) in [5.74, 6) is 0.236. The SMILES string of the molecule is COc1ccc(NC(=O)/C(C#N)=C/c2ccc(N(C)C)c(Br)c2)cc1. The number of hydrogen-bond acceptors (Lipinski definition) is 4. The molecule has 0 aromatic heterocycles. The first-order chi connectivity index (χ1) is 11.9. The summed E-state index contributed by atoms with van der Waals surface area (Å²) in [6.45, 7) is 0. The second kappa shape index (κ2) is 8.36. The van der Waals surface area contributed by atoms with Gasteiger partial charge in [0.05, 0.1) is 12.8 Å². The number of nitrogens with one attached hydrogen (secondary N) is 1. The molecule has 0 spiro atoms. The van der Waals surface area contributed by atoms with Gasteiger partial charge in [-0.1, -0.05) is 6.07 Å². The Morgan fingerprint density at radius 1 is 1.24 bits per heavy atom. The summed E-state index contributed by atoms with van der Waals surface area (Å²) in [6, 6.07) is 14.5. The standard InChI is InChI=1S/C19H18BrN3O2/c1-23(2)18-9-4-13(11-17(18)20)10-14(12-21)19(24)22-15-5-7-16(25-3)8-6-15/h4-11H,1-3H3,(H,22,24)/b14-10+. The maximum atomic E-state index is 12.3. The van der Waals surface area contributed by atoms with Gasteiger partial charge in [-0.15, -0.1) is 0 Å². The third-order valence-corrected chi connectivity index (χ3v) is 4.11. The average Bonchev–Trinajstić information content (AvgIpc) is 2.60. The maximum absolute atomic E-state index is 12.3. The van der Waals surface area contributed by atoms with Crippen molar-refractivity contribution in [1.82, 2.24) is 0 Å². The molecule has 0 aliphatic rings. The predicted molar refractivity (Wildman–Crippen MR) is 104 cm³/mol. The Morgan fingerprint density at radius 2 is 1.92 bits per heavy atom. The summed E-state index contributed by atoms with van der Waals surface area (Å²) < 4.78 is 5.96. The molecule has 0 saturated carbocycles. The van der Waals surface area contributed by atoms with Gasteiger partial charge in [0.25, 0.3) is 5.91 Å². The average molecular weight is 400 g/mol. The van der Waals surface area contributed by atoms with Crippen molar-refractivity contribution < 1.29 is 9.53 Å². The maximum Gasteiger partial charge on any atom is 0.266 e. The van der Waals surface area contributed by atoms with Gasteiger partial charge in [-0.25, -0.2) is 0 Å². The molecular formula is C19H18BrN3O2. The van der Waals surface area contributed by atoms with Crippen molar-refractivity contribution in [2.75, 3.05) is 31.4 Å². The summed E-state index contributed by atoms with van der Waals surface area (Å²) in [6.07, 6.45) is 1.56. The summed E-state index contributed by atoms with van der Waals surface area (Å²) in [7, 11) is 5.46. The van der Waals surface area contributed by atoms with Gasteiger partial charge < -0.3 is 15.0 Å². The number of rotatable bonds is 5. The summed E-state index contributed by atoms with van der Waals surface area (Å²) in [5, 5.41) is 12.0. The molecule has 6 heteroatoms. The van der Waals surface area contributed by atoms with Crippen LogP contribution in [0.25, 0.3) is 6.08 Å². The van der Waals surface area contributed by atoms with Crippen LogP contribution in [0.2, 0.25) is 0 Å². The number of nitrogens with zero attached hydrogens (tertiary/aromatic N) is 2. The molecule has 0 unspecified atom stereocenters. The van der Waals surface area contributed by atoms with Crippen molar-refractivity contribution >= 4 is 39.3 Å². The number of ether oxygens (including phenoxy) is 1. The van der Waals surface area contributed by atoms with Gasteiger partial charge in [-0.05, 0) is 64.0 Å². The topological polar surface area (TPSA) is 65.4 Å². The quantitative estimate of drug-likeness (QED) is 0.607. The van der Waals surface area contributed by atoms with Crippen LogP contribution in [0, 0.1) is 11.3 Å². The Morgan fingerprint density at radius 3 is 2.44 bits per heavy atom. The molecule has 2 aromatic carbocycles. The molecule has 2 rings (SSSR count). The normalized spacial score (nSPS) is 10.8. The van der Waals surface area contributed by atoms with Crippen LogP contribution in [0.15, 0.2) is 52.5 Å². The van der Waals surface area contributed by atoms with Crippen molar-refractivity contribution in [2.24, 2.45) is 0 Å². The Labute approximate surface area is 155 Å². The van der Waals surface area contributed by atoms with E-state index in [9.17, 15) is 10.1 Å². The van der Waals surface area contributed by atoms with Gasteiger partial charge in [0.1, 0.15) is 17.4 Å². The lowest BCUT2D eigenvalue weighted by Gasteiger charge is -2.14. The highest BCUT2D eigenvalue weighted by molar-refractivity contribution is 9.10. The van der Waals surface area contributed by atoms with Crippen LogP contribution in [0.1, 0.15) is 5.56 Å². The highest BCUT2D eigenvalue weighted by atomic mass is 79.9. The molecule has 0 heterocycles. The van der Waals surface area contributed by atoms with E-state index in [4.69, 9.17) is 4.74 Å². The molecule has 0 bridgehead atoms. The Kier molecular flexibility index (Phi) is 6.20. The minimum atomic E-state index is -0.458. The van der Waals surface area contributed by atoms with Crippen molar-refractivity contribution in [1.29, 1.82) is 5.26 Å². The number of hydrogen-bond donors (Lipinski definition) is 1. The second-order valence-corrected chi connectivity index (χ2v) is 6.31. The number of halogens is 1. The molecule has 5 nitrogen and oxygen atoms in total. The van der Waals surface area contributed by atoms with E-state index in [1.807, 2.05) is 43.3 Å². The molecule has 25 heavy (non-hydrogen) atoms. The van der Waals surface area contributed by atoms with Gasteiger partial charge in [0, 0.05) is 24.3 Å². The fraction of sp³-hybridized carbons (Fsp3) is 0.158. The third-order valence-electron chi connectivity index (χ3n) is 3.48. The molecule has 0 fully saturated rings. The minimum Gasteiger partial charge on any atom is -0.497 e. The van der Waals surface area contributed by atoms with Crippen LogP contribution >= 0.6 is 15.9 Å². The first kappa shape index (κ1) is 18.6. The molecule has 0 radical (unpaired) electrons. The zero-order valence-electron chi connectivity index (χ0n) is 14.2. The largest absolute Gasteiger partial charge is 0.497 e. The van der Waals surface area contributed by atoms with E-state index in [0.717, 1.165) is 15.7 Å². The van der Waals surface area contributed by atoms with Crippen LogP contribution in [0.3, 0.4) is 0 Å². The van der Waals surface area contributed by atoms with E-state index >= 15 is 0 Å². The lowest BCUT2D eigenvalue weighted by atomic mass is 10.1. The first-order valence-electron chi connectivity index (χ1n) is 7.48. The van der Waals surface area contributed by atoms with Gasteiger partial charge in [0.2, 0.25) is 0 Å². The van der Waals surface area contributed by atoms with E-state index in [0.29, 0.717) is 11.4 Å². The number of benzene rings is 2. The van der Waals surface area contributed by atoms with E-state index in [1.54, 1.807) is 37.5 Å². The third kappa shape index (κ3) is 4.85. The molecule has 1 amide bonds. The van der Waals surface area contributed by atoms with Crippen LogP contribution < -0.4 is 15.0 Å². The molecule has 0 saturated heterocycles. The summed E-state index contributed by atoms with van der Waals surface area (Å²) in [4.78, 5) is 14.3. The molecule has 0 aliphatic carbocycles. The Balaban J connectivity index is 2.20. The fourth-order valence-electron chi connectivity index (χ4n) is 2.16. The zero-order chi connectivity index (χ0) is 18.4. The Bertz CT molecular complexity index is 837. The minimum absolute atomic E-state index is 0.0281. The molecule has 2 aromatic rings. The number of nitriles is 1. The van der Waals surface area contributed by atoms with E-state index < -0.39 is 5.91 Å². The van der Waals surface area contributed by atoms with Gasteiger partial charge in [-0.2, -0.15) is 5.26 Å². The smallest absolute Gasteiger partial charge is 0.266 e. The van der Waals surface area contributed by atoms with Crippen LogP contribution in [0.4, 0.5) is 11.4 Å². The van der Waals surface area contributed by atoms with Gasteiger partial charge >= 0.3 is 0 Å². The monoisotopic (exact) mass is 399 g/mol. The van der Waals surface area contributed by atoms with Crippen LogP contribution in [-0.2, 0) is 4.79 Å². The zero-order valence-corrected chi connectivity index (χ0v) is 15.8. The van der Waals surface area contributed by atoms with E-state index in [-0.39, 0.29) is 5.57 Å². The molecule has 0 atom stereocenters. The molecule has 128 valence electrons. The fourth-order valence-corrected chi connectivity index (χ4v) is 2.91. The molecular weight excluding hydrogens is 382 g/mol. The van der Waals surface area contributed by atoms with Crippen molar-refractivity contribution in [3.8, 4) is 11.8 Å². The Hall–Kier alpha value is -2.78. The van der Waals surface area contributed by atoms with Gasteiger partial charge in [0.15, 0.2) is 0 Å². The predicted octanol–water partition coefficient (Wildman–Crippen LogP) is 4.07. The summed E-state index contributed by atoms with van der Waals surface area (Å²) >= 11 is 3.50. The lowest BCUT2D eigenvalue weighted by Crippen LogP contribution is -2.13.